The Bertz CT molecular complexity index is 2740. The number of nitrogens with zero attached hydrogens (tertiary/aromatic N) is 1. The van der Waals surface area contributed by atoms with E-state index in [2.05, 4.69) is 156 Å². The largest absolute Gasteiger partial charge is 0.455 e. The van der Waals surface area contributed by atoms with Crippen molar-refractivity contribution >= 4 is 75.3 Å². The van der Waals surface area contributed by atoms with Gasteiger partial charge in [0.25, 0.3) is 0 Å². The number of benzene rings is 7. The molecule has 2 nitrogen and oxygen atoms in total. The topological polar surface area (TPSA) is 18.1 Å². The maximum Gasteiger partial charge on any atom is 0.145 e. The summed E-state index contributed by atoms with van der Waals surface area (Å²) in [5.41, 5.74) is 10.1. The minimum absolute atomic E-state index is 0.927. The highest BCUT2D eigenvalue weighted by Crippen LogP contribution is 2.45. The normalized spacial score (nSPS) is 12.0. The third kappa shape index (κ3) is 3.56. The Balaban J connectivity index is 1.23. The fraction of sp³-hybridized carbons (Fsp3) is 0. The first-order valence-electron chi connectivity index (χ1n) is 15.3. The number of rotatable bonds is 3. The second-order valence-corrected chi connectivity index (χ2v) is 12.7. The molecule has 0 N–H and O–H groups in total. The van der Waals surface area contributed by atoms with Gasteiger partial charge in [0.05, 0.1) is 26.8 Å². The predicted octanol–water partition coefficient (Wildman–Crippen LogP) is 12.4. The number of aromatic nitrogens is 1. The van der Waals surface area contributed by atoms with Crippen LogP contribution in [-0.2, 0) is 0 Å². The second kappa shape index (κ2) is 9.43. The van der Waals surface area contributed by atoms with Gasteiger partial charge >= 0.3 is 0 Å². The predicted molar refractivity (Wildman–Crippen MR) is 192 cm³/mol. The summed E-state index contributed by atoms with van der Waals surface area (Å²) >= 11 is 1.87. The van der Waals surface area contributed by atoms with Crippen molar-refractivity contribution in [1.82, 2.24) is 4.57 Å². The molecule has 10 aromatic rings. The molecule has 0 saturated carbocycles. The lowest BCUT2D eigenvalue weighted by Gasteiger charge is -2.09. The highest BCUT2D eigenvalue weighted by atomic mass is 32.1. The molecular weight excluding hydrogens is 567 g/mol. The number of para-hydroxylation sites is 2. The molecule has 210 valence electrons. The van der Waals surface area contributed by atoms with Crippen LogP contribution in [0.5, 0.6) is 0 Å². The zero-order valence-corrected chi connectivity index (χ0v) is 25.0. The molecule has 0 fully saturated rings. The van der Waals surface area contributed by atoms with Crippen LogP contribution >= 0.6 is 11.3 Å². The van der Waals surface area contributed by atoms with Gasteiger partial charge in [0, 0.05) is 37.2 Å². The lowest BCUT2D eigenvalue weighted by atomic mass is 9.99. The summed E-state index contributed by atoms with van der Waals surface area (Å²) in [6.07, 6.45) is 0. The first-order chi connectivity index (χ1) is 22.3. The summed E-state index contributed by atoms with van der Waals surface area (Å²) < 4.78 is 12.0. The second-order valence-electron chi connectivity index (χ2n) is 11.7. The van der Waals surface area contributed by atoms with Crippen molar-refractivity contribution in [1.29, 1.82) is 0 Å². The molecule has 0 saturated heterocycles. The van der Waals surface area contributed by atoms with Crippen LogP contribution in [0, 0.1) is 0 Å². The van der Waals surface area contributed by atoms with Crippen LogP contribution < -0.4 is 0 Å². The summed E-state index contributed by atoms with van der Waals surface area (Å²) in [6.45, 7) is 0. The van der Waals surface area contributed by atoms with Crippen molar-refractivity contribution in [3.05, 3.63) is 152 Å². The van der Waals surface area contributed by atoms with E-state index in [0.29, 0.717) is 0 Å². The molecule has 0 aliphatic rings. The van der Waals surface area contributed by atoms with Crippen molar-refractivity contribution in [3.63, 3.8) is 0 Å². The fourth-order valence-electron chi connectivity index (χ4n) is 7.18. The minimum Gasteiger partial charge on any atom is -0.455 e. The van der Waals surface area contributed by atoms with E-state index in [1.165, 1.54) is 47.9 Å². The molecule has 0 atom stereocenters. The molecule has 7 aromatic carbocycles. The maximum atomic E-state index is 6.95. The van der Waals surface area contributed by atoms with Crippen molar-refractivity contribution in [2.75, 3.05) is 0 Å². The quantitative estimate of drug-likeness (QED) is 0.200. The van der Waals surface area contributed by atoms with E-state index >= 15 is 0 Å². The zero-order valence-electron chi connectivity index (χ0n) is 24.2. The fourth-order valence-corrected chi connectivity index (χ4v) is 8.38. The molecule has 0 amide bonds. The van der Waals surface area contributed by atoms with Gasteiger partial charge in [-0.25, -0.2) is 0 Å². The Morgan fingerprint density at radius 3 is 1.98 bits per heavy atom. The molecule has 0 spiro atoms. The van der Waals surface area contributed by atoms with Crippen LogP contribution in [0.15, 0.2) is 156 Å². The van der Waals surface area contributed by atoms with Gasteiger partial charge in [0.1, 0.15) is 11.2 Å². The zero-order chi connectivity index (χ0) is 29.5. The lowest BCUT2D eigenvalue weighted by molar-refractivity contribution is 0.674. The van der Waals surface area contributed by atoms with Crippen LogP contribution in [-0.4, -0.2) is 4.57 Å². The van der Waals surface area contributed by atoms with Crippen LogP contribution in [0.4, 0.5) is 0 Å². The standard InChI is InChI=1S/C42H25NOS/c1-2-10-26(11-3-1)27-20-22-28(23-21-27)29-14-8-15-31-32-24-25-36-39(41(32)44-40(29)31)34-13-4-6-17-35(34)43(36)37-18-9-16-33-30-12-5-7-19-38(30)45-42(33)37/h1-25H. The number of thiophene rings is 1. The molecule has 45 heavy (non-hydrogen) atoms. The number of hydrogen-bond acceptors (Lipinski definition) is 2. The molecule has 3 aromatic heterocycles. The van der Waals surface area contributed by atoms with Gasteiger partial charge < -0.3 is 8.98 Å². The molecule has 10 rings (SSSR count). The van der Waals surface area contributed by atoms with Crippen molar-refractivity contribution in [3.8, 4) is 27.9 Å². The molecule has 3 heteroatoms. The molecule has 0 aliphatic carbocycles. The summed E-state index contributed by atoms with van der Waals surface area (Å²) in [5.74, 6) is 0. The molecule has 0 radical (unpaired) electrons. The number of furan rings is 1. The van der Waals surface area contributed by atoms with Gasteiger partial charge in [0.2, 0.25) is 0 Å². The Morgan fingerprint density at radius 1 is 0.422 bits per heavy atom. The Morgan fingerprint density at radius 2 is 1.09 bits per heavy atom. The molecule has 0 bridgehead atoms. The molecule has 0 aliphatic heterocycles. The molecular formula is C42H25NOS. The Kier molecular flexibility index (Phi) is 5.19. The summed E-state index contributed by atoms with van der Waals surface area (Å²) in [4.78, 5) is 0. The van der Waals surface area contributed by atoms with Gasteiger partial charge in [-0.2, -0.15) is 0 Å². The Labute approximate surface area is 263 Å². The highest BCUT2D eigenvalue weighted by molar-refractivity contribution is 7.26. The van der Waals surface area contributed by atoms with E-state index in [9.17, 15) is 0 Å². The van der Waals surface area contributed by atoms with E-state index in [0.717, 1.165) is 44.0 Å². The van der Waals surface area contributed by atoms with Crippen LogP contribution in [0.25, 0.3) is 91.9 Å². The SMILES string of the molecule is c1ccc(-c2ccc(-c3cccc4c3oc3c4ccc4c3c3ccccc3n4-c3cccc4c3sc3ccccc34)cc2)cc1. The third-order valence-electron chi connectivity index (χ3n) is 9.23. The monoisotopic (exact) mass is 591 g/mol. The minimum atomic E-state index is 0.927. The third-order valence-corrected chi connectivity index (χ3v) is 10.4. The number of hydrogen-bond donors (Lipinski definition) is 0. The van der Waals surface area contributed by atoms with Gasteiger partial charge in [0.15, 0.2) is 0 Å². The molecule has 3 heterocycles. The van der Waals surface area contributed by atoms with Crippen LogP contribution in [0.2, 0.25) is 0 Å². The van der Waals surface area contributed by atoms with E-state index in [1.807, 2.05) is 11.3 Å². The Hall–Kier alpha value is -5.64. The van der Waals surface area contributed by atoms with Gasteiger partial charge in [-0.3, -0.25) is 0 Å². The van der Waals surface area contributed by atoms with Crippen LogP contribution in [0.1, 0.15) is 0 Å². The lowest BCUT2D eigenvalue weighted by Crippen LogP contribution is -1.93. The van der Waals surface area contributed by atoms with Crippen molar-refractivity contribution in [2.24, 2.45) is 0 Å². The van der Waals surface area contributed by atoms with E-state index in [4.69, 9.17) is 4.42 Å². The van der Waals surface area contributed by atoms with Gasteiger partial charge in [-0.15, -0.1) is 11.3 Å². The van der Waals surface area contributed by atoms with Crippen molar-refractivity contribution in [2.45, 2.75) is 0 Å². The average molecular weight is 592 g/mol. The number of fused-ring (bicyclic) bond motifs is 10. The maximum absolute atomic E-state index is 6.95. The average Bonchev–Trinajstić information content (AvgIpc) is 3.78. The summed E-state index contributed by atoms with van der Waals surface area (Å²) in [5, 5.41) is 7.24. The van der Waals surface area contributed by atoms with Gasteiger partial charge in [-0.05, 0) is 47.0 Å². The van der Waals surface area contributed by atoms with E-state index in [-0.39, 0.29) is 0 Å². The highest BCUT2D eigenvalue weighted by Gasteiger charge is 2.21. The van der Waals surface area contributed by atoms with Crippen molar-refractivity contribution < 1.29 is 4.42 Å². The van der Waals surface area contributed by atoms with Gasteiger partial charge in [-0.1, -0.05) is 121 Å². The first-order valence-corrected chi connectivity index (χ1v) is 16.1. The van der Waals surface area contributed by atoms with E-state index in [1.54, 1.807) is 0 Å². The summed E-state index contributed by atoms with van der Waals surface area (Å²) in [6, 6.07) is 54.5. The summed E-state index contributed by atoms with van der Waals surface area (Å²) in [7, 11) is 0. The smallest absolute Gasteiger partial charge is 0.145 e. The first kappa shape index (κ1) is 24.8. The van der Waals surface area contributed by atoms with E-state index < -0.39 is 0 Å². The van der Waals surface area contributed by atoms with Crippen LogP contribution in [0.3, 0.4) is 0 Å². The molecule has 0 unspecified atom stereocenters.